The number of hydrogen-bond donors (Lipinski definition) is 2. The molecule has 21 heavy (non-hydrogen) atoms. The first-order valence-electron chi connectivity index (χ1n) is 7.51. The second-order valence-electron chi connectivity index (χ2n) is 5.29. The van der Waals surface area contributed by atoms with Crippen LogP contribution in [0.5, 0.6) is 0 Å². The van der Waals surface area contributed by atoms with E-state index in [1.165, 1.54) is 12.1 Å². The van der Waals surface area contributed by atoms with Crippen molar-refractivity contribution in [1.82, 2.24) is 10.6 Å². The zero-order valence-electron chi connectivity index (χ0n) is 13.4. The van der Waals surface area contributed by atoms with Gasteiger partial charge in [-0.15, -0.1) is 0 Å². The molecule has 0 heterocycles. The summed E-state index contributed by atoms with van der Waals surface area (Å²) >= 11 is 0. The van der Waals surface area contributed by atoms with Crippen LogP contribution in [-0.2, 0) is 11.3 Å². The van der Waals surface area contributed by atoms with Gasteiger partial charge in [-0.1, -0.05) is 6.92 Å². The van der Waals surface area contributed by atoms with Gasteiger partial charge in [-0.2, -0.15) is 0 Å². The van der Waals surface area contributed by atoms with Gasteiger partial charge in [0, 0.05) is 24.8 Å². The Kier molecular flexibility index (Phi) is 7.15. The smallest absolute Gasteiger partial charge is 0.239 e. The highest BCUT2D eigenvalue weighted by molar-refractivity contribution is 5.81. The van der Waals surface area contributed by atoms with Crippen molar-refractivity contribution < 1.29 is 9.18 Å². The summed E-state index contributed by atoms with van der Waals surface area (Å²) in [4.78, 5) is 13.9. The van der Waals surface area contributed by atoms with E-state index in [1.807, 2.05) is 32.6 Å². The van der Waals surface area contributed by atoms with Crippen LogP contribution in [0.1, 0.15) is 33.3 Å². The second kappa shape index (κ2) is 8.62. The minimum absolute atomic E-state index is 0.0226. The molecule has 0 aliphatic rings. The van der Waals surface area contributed by atoms with Crippen LogP contribution in [0.25, 0.3) is 0 Å². The number of amides is 1. The minimum Gasteiger partial charge on any atom is -0.362 e. The van der Waals surface area contributed by atoms with Crippen molar-refractivity contribution in [3.05, 3.63) is 29.6 Å². The molecular weight excluding hydrogens is 269 g/mol. The molecule has 2 N–H and O–H groups in total. The fourth-order valence-electron chi connectivity index (χ4n) is 2.17. The van der Waals surface area contributed by atoms with Crippen molar-refractivity contribution in [2.75, 3.05) is 24.5 Å². The lowest BCUT2D eigenvalue weighted by Gasteiger charge is -2.26. The van der Waals surface area contributed by atoms with Crippen molar-refractivity contribution in [1.29, 1.82) is 0 Å². The average molecular weight is 295 g/mol. The van der Waals surface area contributed by atoms with Gasteiger partial charge in [0.2, 0.25) is 5.91 Å². The highest BCUT2D eigenvalue weighted by Crippen LogP contribution is 2.21. The van der Waals surface area contributed by atoms with E-state index < -0.39 is 0 Å². The van der Waals surface area contributed by atoms with E-state index >= 15 is 0 Å². The van der Waals surface area contributed by atoms with Gasteiger partial charge in [0.15, 0.2) is 0 Å². The Bertz CT molecular complexity index is 463. The minimum atomic E-state index is -0.255. The van der Waals surface area contributed by atoms with E-state index in [1.54, 1.807) is 6.07 Å². The van der Waals surface area contributed by atoms with E-state index in [2.05, 4.69) is 10.6 Å². The van der Waals surface area contributed by atoms with E-state index in [0.29, 0.717) is 13.1 Å². The van der Waals surface area contributed by atoms with Crippen molar-refractivity contribution >= 4 is 11.6 Å². The summed E-state index contributed by atoms with van der Waals surface area (Å²) in [6, 6.07) is 4.83. The zero-order valence-corrected chi connectivity index (χ0v) is 13.4. The van der Waals surface area contributed by atoms with Crippen LogP contribution in [0.2, 0.25) is 0 Å². The molecule has 0 aliphatic heterocycles. The number of halogens is 1. The van der Waals surface area contributed by atoms with Gasteiger partial charge in [0.1, 0.15) is 5.82 Å². The molecule has 1 amide bonds. The maximum atomic E-state index is 13.5. The molecule has 0 fully saturated rings. The van der Waals surface area contributed by atoms with Crippen LogP contribution >= 0.6 is 0 Å². The van der Waals surface area contributed by atoms with Crippen LogP contribution < -0.4 is 15.5 Å². The van der Waals surface area contributed by atoms with E-state index in [0.717, 1.165) is 17.8 Å². The Morgan fingerprint density at radius 3 is 2.62 bits per heavy atom. The monoisotopic (exact) mass is 295 g/mol. The molecule has 1 aromatic rings. The van der Waals surface area contributed by atoms with Gasteiger partial charge in [0.05, 0.1) is 6.54 Å². The summed E-state index contributed by atoms with van der Waals surface area (Å²) in [5, 5.41) is 6.08. The molecule has 5 heteroatoms. The van der Waals surface area contributed by atoms with Gasteiger partial charge >= 0.3 is 0 Å². The molecule has 0 aromatic heterocycles. The van der Waals surface area contributed by atoms with Crippen molar-refractivity contribution in [2.24, 2.45) is 0 Å². The summed E-state index contributed by atoms with van der Waals surface area (Å²) in [5.41, 5.74) is 1.77. The highest BCUT2D eigenvalue weighted by atomic mass is 19.1. The van der Waals surface area contributed by atoms with Crippen LogP contribution in [0.4, 0.5) is 10.1 Å². The first kappa shape index (κ1) is 17.4. The number of hydrogen-bond acceptors (Lipinski definition) is 3. The highest BCUT2D eigenvalue weighted by Gasteiger charge is 2.14. The van der Waals surface area contributed by atoms with E-state index in [-0.39, 0.29) is 24.3 Å². The van der Waals surface area contributed by atoms with Crippen LogP contribution in [-0.4, -0.2) is 31.6 Å². The topological polar surface area (TPSA) is 44.4 Å². The molecule has 0 bridgehead atoms. The normalized spacial score (nSPS) is 10.8. The Labute approximate surface area is 126 Å². The lowest BCUT2D eigenvalue weighted by molar-refractivity contribution is -0.120. The average Bonchev–Trinajstić information content (AvgIpc) is 2.42. The van der Waals surface area contributed by atoms with Gasteiger partial charge < -0.3 is 15.5 Å². The first-order chi connectivity index (χ1) is 9.97. The Balaban J connectivity index is 2.90. The largest absolute Gasteiger partial charge is 0.362 e. The van der Waals surface area contributed by atoms with Crippen molar-refractivity contribution in [2.45, 2.75) is 40.3 Å². The SMILES string of the molecule is CCNCc1cc(F)ccc1N(CC)CC(=O)NC(C)C. The number of likely N-dealkylation sites (N-methyl/N-ethyl adjacent to an activating group) is 1. The summed E-state index contributed by atoms with van der Waals surface area (Å²) < 4.78 is 13.5. The summed E-state index contributed by atoms with van der Waals surface area (Å²) in [6.45, 7) is 10.2. The molecule has 1 aromatic carbocycles. The van der Waals surface area contributed by atoms with Gasteiger partial charge in [-0.3, -0.25) is 4.79 Å². The summed E-state index contributed by atoms with van der Waals surface area (Å²) in [7, 11) is 0. The van der Waals surface area contributed by atoms with Gasteiger partial charge in [-0.05, 0) is 51.1 Å². The predicted molar refractivity (Wildman–Crippen MR) is 84.9 cm³/mol. The van der Waals surface area contributed by atoms with E-state index in [9.17, 15) is 9.18 Å². The molecule has 0 spiro atoms. The third kappa shape index (κ3) is 5.71. The second-order valence-corrected chi connectivity index (χ2v) is 5.29. The molecule has 1 rings (SSSR count). The lowest BCUT2D eigenvalue weighted by Crippen LogP contribution is -2.40. The first-order valence-corrected chi connectivity index (χ1v) is 7.51. The number of carbonyl (C=O) groups excluding carboxylic acids is 1. The molecule has 0 saturated carbocycles. The quantitative estimate of drug-likeness (QED) is 0.773. The molecule has 0 atom stereocenters. The molecule has 0 aliphatic carbocycles. The van der Waals surface area contributed by atoms with Gasteiger partial charge in [-0.25, -0.2) is 4.39 Å². The molecule has 0 saturated heterocycles. The molecule has 118 valence electrons. The van der Waals surface area contributed by atoms with Crippen LogP contribution in [0.3, 0.4) is 0 Å². The number of benzene rings is 1. The number of carbonyl (C=O) groups is 1. The molecular formula is C16H26FN3O. The number of nitrogens with zero attached hydrogens (tertiary/aromatic N) is 1. The van der Waals surface area contributed by atoms with E-state index in [4.69, 9.17) is 0 Å². The molecule has 0 radical (unpaired) electrons. The fraction of sp³-hybridized carbons (Fsp3) is 0.562. The number of anilines is 1. The fourth-order valence-corrected chi connectivity index (χ4v) is 2.17. The summed E-state index contributed by atoms with van der Waals surface area (Å²) in [5.74, 6) is -0.278. The number of rotatable bonds is 8. The van der Waals surface area contributed by atoms with Gasteiger partial charge in [0.25, 0.3) is 0 Å². The number of nitrogens with one attached hydrogen (secondary N) is 2. The Morgan fingerprint density at radius 1 is 1.33 bits per heavy atom. The molecule has 4 nitrogen and oxygen atoms in total. The maximum absolute atomic E-state index is 13.5. The molecule has 0 unspecified atom stereocenters. The Hall–Kier alpha value is -1.62. The lowest BCUT2D eigenvalue weighted by atomic mass is 10.1. The third-order valence-corrected chi connectivity index (χ3v) is 3.11. The third-order valence-electron chi connectivity index (χ3n) is 3.11. The zero-order chi connectivity index (χ0) is 15.8. The van der Waals surface area contributed by atoms with Crippen LogP contribution in [0.15, 0.2) is 18.2 Å². The van der Waals surface area contributed by atoms with Crippen molar-refractivity contribution in [3.63, 3.8) is 0 Å². The van der Waals surface area contributed by atoms with Crippen molar-refractivity contribution in [3.8, 4) is 0 Å². The standard InChI is InChI=1S/C16H26FN3O/c1-5-18-10-13-9-14(17)7-8-15(13)20(6-2)11-16(21)19-12(3)4/h7-9,12,18H,5-6,10-11H2,1-4H3,(H,19,21). The van der Waals surface area contributed by atoms with Crippen LogP contribution in [0, 0.1) is 5.82 Å². The Morgan fingerprint density at radius 2 is 2.05 bits per heavy atom. The maximum Gasteiger partial charge on any atom is 0.239 e. The predicted octanol–water partition coefficient (Wildman–Crippen LogP) is 2.29. The summed E-state index contributed by atoms with van der Waals surface area (Å²) in [6.07, 6.45) is 0.